The van der Waals surface area contributed by atoms with E-state index in [9.17, 15) is 9.59 Å². The number of para-hydroxylation sites is 1. The summed E-state index contributed by atoms with van der Waals surface area (Å²) < 4.78 is 32.4. The highest BCUT2D eigenvalue weighted by molar-refractivity contribution is 6.99. The van der Waals surface area contributed by atoms with Crippen molar-refractivity contribution in [3.05, 3.63) is 103 Å². The molecule has 4 aliphatic rings. The Bertz CT molecular complexity index is 1860. The molecule has 2 spiro atoms. The van der Waals surface area contributed by atoms with Crippen LogP contribution in [0.2, 0.25) is 30.7 Å². The van der Waals surface area contributed by atoms with E-state index < -0.39 is 51.5 Å². The smallest absolute Gasteiger partial charge is 0.414 e. The molecule has 3 aliphatic heterocycles. The maximum absolute atomic E-state index is 14.2. The van der Waals surface area contributed by atoms with Crippen LogP contribution in [0.3, 0.4) is 0 Å². The number of carbonyl (C=O) groups excluding carboxylic acids is 2. The highest BCUT2D eigenvalue weighted by atomic mass is 28.4. The lowest BCUT2D eigenvalue weighted by Gasteiger charge is -2.53. The number of esters is 1. The van der Waals surface area contributed by atoms with Crippen molar-refractivity contribution < 1.29 is 33.0 Å². The van der Waals surface area contributed by atoms with Gasteiger partial charge < -0.3 is 23.4 Å². The van der Waals surface area contributed by atoms with Crippen LogP contribution in [0.4, 0.5) is 10.5 Å². The molecule has 55 heavy (non-hydrogen) atoms. The van der Waals surface area contributed by atoms with Gasteiger partial charge in [0.2, 0.25) is 0 Å². The number of benzene rings is 3. The maximum Gasteiger partial charge on any atom is 0.414 e. The minimum absolute atomic E-state index is 0.213. The molecule has 3 aromatic rings. The largest absolute Gasteiger partial charge is 0.465 e. The topological polar surface area (TPSA) is 95.6 Å². The van der Waals surface area contributed by atoms with E-state index in [1.165, 1.54) is 17.5 Å². The number of carbonyl (C=O) groups is 2. The summed E-state index contributed by atoms with van der Waals surface area (Å²) in [5, 5.41) is 5.85. The van der Waals surface area contributed by atoms with Gasteiger partial charge in [-0.2, -0.15) is 0 Å². The monoisotopic (exact) mass is 782 g/mol. The summed E-state index contributed by atoms with van der Waals surface area (Å²) in [6.45, 7) is 14.5. The lowest BCUT2D eigenvalue weighted by molar-refractivity contribution is -0.175. The van der Waals surface area contributed by atoms with Gasteiger partial charge in [-0.3, -0.25) is 15.0 Å². The molecule has 2 unspecified atom stereocenters. The Kier molecular flexibility index (Phi) is 10.6. The Balaban J connectivity index is 1.26. The number of methoxy groups -OCH3 is 2. The Morgan fingerprint density at radius 1 is 0.891 bits per heavy atom. The Morgan fingerprint density at radius 3 is 2.13 bits per heavy atom. The van der Waals surface area contributed by atoms with Crippen LogP contribution in [-0.2, 0) is 33.8 Å². The SMILES string of the molecule is COC(=O)N1c2ccccc2[C@@]2(CCO[Si](c3ccccc3)(c3ccccc3)C(C)(C)C)O[C@@H](OC)[C@@H]3CC4(C=CC(C(=O)OCC[Si](C)(C)C)N4)CC[C@]312. The lowest BCUT2D eigenvalue weighted by Crippen LogP contribution is -2.68. The first-order chi connectivity index (χ1) is 26.2. The predicted octanol–water partition coefficient (Wildman–Crippen LogP) is 7.12. The van der Waals surface area contributed by atoms with Crippen LogP contribution < -0.4 is 20.6 Å². The van der Waals surface area contributed by atoms with Crippen LogP contribution >= 0.6 is 0 Å². The van der Waals surface area contributed by atoms with E-state index >= 15 is 0 Å². The zero-order chi connectivity index (χ0) is 39.3. The van der Waals surface area contributed by atoms with Gasteiger partial charge in [0.25, 0.3) is 8.32 Å². The fourth-order valence-electron chi connectivity index (χ4n) is 10.2. The average Bonchev–Trinajstić information content (AvgIpc) is 3.77. The molecule has 1 saturated carbocycles. The predicted molar refractivity (Wildman–Crippen MR) is 221 cm³/mol. The standard InChI is InChI=1S/C44H58N2O7Si2/c1-41(2,3)55(32-17-11-9-12-18-32,33-19-13-10-14-20-33)52-28-27-44-34-21-15-16-22-37(34)46(40(48)50-5)43(44)26-25-42(31-35(43)39(49-4)53-44)24-23-36(45-42)38(47)51-29-30-54(6,7)8/h9-24,35-36,39,45H,25-31H2,1-8H3/t35-,36?,39+,42?,43+,44+/m0/s1. The van der Waals surface area contributed by atoms with Crippen molar-refractivity contribution in [3.8, 4) is 0 Å². The molecule has 9 nitrogen and oxygen atoms in total. The first-order valence-electron chi connectivity index (χ1n) is 19.7. The summed E-state index contributed by atoms with van der Waals surface area (Å²) in [6, 6.07) is 29.7. The number of hydrogen-bond acceptors (Lipinski definition) is 8. The zero-order valence-electron chi connectivity index (χ0n) is 33.7. The maximum atomic E-state index is 14.2. The summed E-state index contributed by atoms with van der Waals surface area (Å²) in [5.41, 5.74) is -0.597. The van der Waals surface area contributed by atoms with Crippen LogP contribution in [-0.4, -0.2) is 79.3 Å². The van der Waals surface area contributed by atoms with Crippen LogP contribution in [0.1, 0.15) is 52.0 Å². The molecule has 1 saturated heterocycles. The molecule has 0 radical (unpaired) electrons. The first-order valence-corrected chi connectivity index (χ1v) is 25.4. The van der Waals surface area contributed by atoms with Crippen molar-refractivity contribution in [1.29, 1.82) is 0 Å². The second-order valence-electron chi connectivity index (χ2n) is 18.0. The third-order valence-corrected chi connectivity index (χ3v) is 19.4. The number of nitrogens with one attached hydrogen (secondary N) is 1. The van der Waals surface area contributed by atoms with Crippen molar-refractivity contribution in [2.75, 3.05) is 32.3 Å². The number of rotatable bonds is 11. The van der Waals surface area contributed by atoms with Gasteiger partial charge in [0, 0.05) is 45.2 Å². The Labute approximate surface area is 328 Å². The number of hydrogen-bond donors (Lipinski definition) is 1. The summed E-state index contributed by atoms with van der Waals surface area (Å²) >= 11 is 0. The summed E-state index contributed by atoms with van der Waals surface area (Å²) in [5.74, 6) is -0.527. The molecule has 11 heteroatoms. The fourth-order valence-corrected chi connectivity index (χ4v) is 15.5. The number of amides is 1. The minimum atomic E-state index is -2.90. The molecule has 3 aromatic carbocycles. The highest BCUT2D eigenvalue weighted by Gasteiger charge is 2.76. The van der Waals surface area contributed by atoms with Gasteiger partial charge in [0.1, 0.15) is 11.6 Å². The van der Waals surface area contributed by atoms with E-state index in [-0.39, 0.29) is 16.9 Å². The van der Waals surface area contributed by atoms with Gasteiger partial charge in [-0.25, -0.2) is 4.79 Å². The first kappa shape index (κ1) is 39.6. The van der Waals surface area contributed by atoms with Crippen LogP contribution in [0.5, 0.6) is 0 Å². The van der Waals surface area contributed by atoms with E-state index in [0.29, 0.717) is 38.9 Å². The molecular formula is C44H58N2O7Si2. The second-order valence-corrected chi connectivity index (χ2v) is 27.9. The van der Waals surface area contributed by atoms with Gasteiger partial charge >= 0.3 is 12.1 Å². The molecule has 6 atom stereocenters. The molecule has 0 aromatic heterocycles. The van der Waals surface area contributed by atoms with Gasteiger partial charge in [-0.1, -0.05) is 131 Å². The quantitative estimate of drug-likeness (QED) is 0.125. The van der Waals surface area contributed by atoms with Crippen molar-refractivity contribution in [2.24, 2.45) is 5.92 Å². The lowest BCUT2D eigenvalue weighted by atomic mass is 9.59. The average molecular weight is 783 g/mol. The number of fused-ring (bicyclic) bond motifs is 2. The number of ether oxygens (including phenoxy) is 4. The molecule has 7 rings (SSSR count). The number of anilines is 1. The van der Waals surface area contributed by atoms with Crippen molar-refractivity contribution in [1.82, 2.24) is 5.32 Å². The van der Waals surface area contributed by atoms with E-state index in [1.54, 1.807) is 7.11 Å². The van der Waals surface area contributed by atoms with Crippen LogP contribution in [0.25, 0.3) is 0 Å². The van der Waals surface area contributed by atoms with Gasteiger partial charge in [-0.05, 0) is 46.8 Å². The van der Waals surface area contributed by atoms with Crippen molar-refractivity contribution in [2.45, 2.75) is 106 Å². The molecule has 2 fully saturated rings. The minimum Gasteiger partial charge on any atom is -0.465 e. The second kappa shape index (κ2) is 14.7. The molecule has 0 bridgehead atoms. The number of nitrogens with zero attached hydrogens (tertiary/aromatic N) is 1. The summed E-state index contributed by atoms with van der Waals surface area (Å²) in [4.78, 5) is 29.3. The van der Waals surface area contributed by atoms with Gasteiger partial charge in [0.15, 0.2) is 6.29 Å². The van der Waals surface area contributed by atoms with Crippen molar-refractivity contribution in [3.63, 3.8) is 0 Å². The summed E-state index contributed by atoms with van der Waals surface area (Å²) in [6.07, 6.45) is 5.32. The third-order valence-electron chi connectivity index (χ3n) is 12.7. The van der Waals surface area contributed by atoms with Gasteiger partial charge in [0.05, 0.1) is 24.9 Å². The Hall–Kier alpha value is -3.59. The van der Waals surface area contributed by atoms with E-state index in [2.05, 4.69) is 119 Å². The molecule has 1 N–H and O–H groups in total. The summed E-state index contributed by atoms with van der Waals surface area (Å²) in [7, 11) is -1.13. The van der Waals surface area contributed by atoms with Gasteiger partial charge in [-0.15, -0.1) is 0 Å². The zero-order valence-corrected chi connectivity index (χ0v) is 35.7. The molecule has 1 aliphatic carbocycles. The van der Waals surface area contributed by atoms with Crippen LogP contribution in [0, 0.1) is 5.92 Å². The van der Waals surface area contributed by atoms with E-state index in [1.807, 2.05) is 29.2 Å². The normalized spacial score (nSPS) is 28.5. The van der Waals surface area contributed by atoms with Crippen LogP contribution in [0.15, 0.2) is 97.1 Å². The molecular weight excluding hydrogens is 725 g/mol. The van der Waals surface area contributed by atoms with E-state index in [0.717, 1.165) is 17.3 Å². The van der Waals surface area contributed by atoms with Crippen molar-refractivity contribution >= 4 is 44.5 Å². The van der Waals surface area contributed by atoms with E-state index in [4.69, 9.17) is 23.4 Å². The third kappa shape index (κ3) is 6.54. The Morgan fingerprint density at radius 2 is 1.53 bits per heavy atom. The molecule has 1 amide bonds. The molecule has 3 heterocycles. The highest BCUT2D eigenvalue weighted by Crippen LogP contribution is 2.68. The fraction of sp³-hybridized carbons (Fsp3) is 0.500. The molecule has 294 valence electrons.